The van der Waals surface area contributed by atoms with Gasteiger partial charge in [-0.1, -0.05) is 37.0 Å². The van der Waals surface area contributed by atoms with Gasteiger partial charge in [0.05, 0.1) is 10.7 Å². The van der Waals surface area contributed by atoms with Crippen LogP contribution in [-0.2, 0) is 9.59 Å². The minimum atomic E-state index is -1.07. The number of benzene rings is 1. The third-order valence-electron chi connectivity index (χ3n) is 2.88. The summed E-state index contributed by atoms with van der Waals surface area (Å²) in [7, 11) is 0. The van der Waals surface area contributed by atoms with Gasteiger partial charge in [0.15, 0.2) is 0 Å². The summed E-state index contributed by atoms with van der Waals surface area (Å²) in [6.07, 6.45) is 1.08. The second-order valence-corrected chi connectivity index (χ2v) is 5.82. The van der Waals surface area contributed by atoms with Gasteiger partial charge in [0.1, 0.15) is 17.7 Å². The number of carboxylic acids is 1. The van der Waals surface area contributed by atoms with Crippen LogP contribution < -0.4 is 10.6 Å². The van der Waals surface area contributed by atoms with Gasteiger partial charge < -0.3 is 15.7 Å². The summed E-state index contributed by atoms with van der Waals surface area (Å²) in [5, 5.41) is 23.8. The van der Waals surface area contributed by atoms with Crippen LogP contribution in [0.3, 0.4) is 0 Å². The lowest BCUT2D eigenvalue weighted by molar-refractivity contribution is -0.140. The lowest BCUT2D eigenvalue weighted by atomic mass is 10.1. The van der Waals surface area contributed by atoms with Gasteiger partial charge in [0.2, 0.25) is 0 Å². The number of aliphatic carboxylic acids is 1. The molecule has 1 rings (SSSR count). The highest BCUT2D eigenvalue weighted by atomic mass is 35.5. The number of hydrogen-bond acceptors (Lipinski definition) is 4. The molecule has 1 atom stereocenters. The Kier molecular flexibility index (Phi) is 6.89. The number of carbonyl (C=O) groups excluding carboxylic acids is 1. The van der Waals surface area contributed by atoms with Gasteiger partial charge >= 0.3 is 5.97 Å². The minimum Gasteiger partial charge on any atom is -0.480 e. The molecule has 122 valence electrons. The molecule has 0 bridgehead atoms. The molecular formula is C15H15Cl2N3O3. The second kappa shape index (κ2) is 8.42. The highest BCUT2D eigenvalue weighted by molar-refractivity contribution is 6.36. The number of nitrogens with zero attached hydrogens (tertiary/aromatic N) is 1. The molecule has 23 heavy (non-hydrogen) atoms. The van der Waals surface area contributed by atoms with Crippen molar-refractivity contribution in [1.29, 1.82) is 5.26 Å². The Bertz CT molecular complexity index is 681. The Morgan fingerprint density at radius 1 is 1.35 bits per heavy atom. The molecule has 0 spiro atoms. The molecule has 1 aromatic carbocycles. The summed E-state index contributed by atoms with van der Waals surface area (Å²) >= 11 is 11.7. The molecule has 0 fully saturated rings. The summed E-state index contributed by atoms with van der Waals surface area (Å²) in [6, 6.07) is 5.29. The number of carbonyl (C=O) groups is 2. The van der Waals surface area contributed by atoms with Crippen molar-refractivity contribution in [3.63, 3.8) is 0 Å². The van der Waals surface area contributed by atoms with E-state index in [1.807, 2.05) is 0 Å². The summed E-state index contributed by atoms with van der Waals surface area (Å²) in [5.74, 6) is -2.01. The van der Waals surface area contributed by atoms with Gasteiger partial charge in [-0.05, 0) is 24.1 Å². The Morgan fingerprint density at radius 3 is 2.48 bits per heavy atom. The molecule has 0 aliphatic rings. The largest absolute Gasteiger partial charge is 0.480 e. The molecule has 0 saturated heterocycles. The van der Waals surface area contributed by atoms with Crippen LogP contribution in [0.5, 0.6) is 0 Å². The van der Waals surface area contributed by atoms with Gasteiger partial charge in [-0.2, -0.15) is 5.26 Å². The summed E-state index contributed by atoms with van der Waals surface area (Å²) < 4.78 is 0. The molecule has 0 saturated carbocycles. The minimum absolute atomic E-state index is 0.224. The molecule has 1 unspecified atom stereocenters. The second-order valence-electron chi connectivity index (χ2n) is 4.97. The molecule has 1 amide bonds. The first-order valence-corrected chi connectivity index (χ1v) is 7.37. The predicted octanol–water partition coefficient (Wildman–Crippen LogP) is 3.04. The quantitative estimate of drug-likeness (QED) is 0.537. The van der Waals surface area contributed by atoms with Gasteiger partial charge in [-0.15, -0.1) is 0 Å². The maximum absolute atomic E-state index is 12.1. The van der Waals surface area contributed by atoms with E-state index in [9.17, 15) is 9.59 Å². The lowest BCUT2D eigenvalue weighted by Gasteiger charge is -2.16. The number of halogens is 2. The molecule has 0 aliphatic heterocycles. The van der Waals surface area contributed by atoms with Crippen molar-refractivity contribution in [2.75, 3.05) is 5.32 Å². The first-order valence-electron chi connectivity index (χ1n) is 6.61. The Balaban J connectivity index is 2.88. The monoisotopic (exact) mass is 355 g/mol. The number of nitriles is 1. The van der Waals surface area contributed by atoms with Crippen LogP contribution in [0.25, 0.3) is 0 Å². The van der Waals surface area contributed by atoms with E-state index in [-0.39, 0.29) is 16.5 Å². The number of amides is 1. The smallest absolute Gasteiger partial charge is 0.326 e. The molecule has 1 aromatic rings. The Labute approximate surface area is 143 Å². The standard InChI is InChI=1S/C15H15Cl2N3O3/c1-8(2)13(15(22)23)19-7-9(6-18)14(21)20-12-4-3-10(16)5-11(12)17/h3-5,7-8,13,19H,1-2H3,(H,20,21)(H,22,23)/b9-7-. The van der Waals surface area contributed by atoms with Gasteiger partial charge in [-0.25, -0.2) is 4.79 Å². The summed E-state index contributed by atoms with van der Waals surface area (Å²) in [5.41, 5.74) is 0.0174. The predicted molar refractivity (Wildman–Crippen MR) is 88.2 cm³/mol. The topological polar surface area (TPSA) is 102 Å². The van der Waals surface area contributed by atoms with E-state index >= 15 is 0 Å². The third kappa shape index (κ3) is 5.47. The van der Waals surface area contributed by atoms with Crippen molar-refractivity contribution in [3.05, 3.63) is 40.0 Å². The van der Waals surface area contributed by atoms with Crippen LogP contribution in [0, 0.1) is 17.2 Å². The van der Waals surface area contributed by atoms with Crippen molar-refractivity contribution >= 4 is 40.8 Å². The molecule has 0 radical (unpaired) electrons. The van der Waals surface area contributed by atoms with Crippen molar-refractivity contribution < 1.29 is 14.7 Å². The maximum Gasteiger partial charge on any atom is 0.326 e. The number of rotatable bonds is 6. The fraction of sp³-hybridized carbons (Fsp3) is 0.267. The number of carboxylic acid groups (broad SMARTS) is 1. The maximum atomic E-state index is 12.1. The van der Waals surface area contributed by atoms with Crippen LogP contribution in [-0.4, -0.2) is 23.0 Å². The molecular weight excluding hydrogens is 341 g/mol. The molecule has 0 aliphatic carbocycles. The number of nitrogens with one attached hydrogen (secondary N) is 2. The first kappa shape index (κ1) is 18.8. The van der Waals surface area contributed by atoms with Crippen LogP contribution in [0.2, 0.25) is 10.0 Å². The molecule has 3 N–H and O–H groups in total. The summed E-state index contributed by atoms with van der Waals surface area (Å²) in [4.78, 5) is 23.1. The highest BCUT2D eigenvalue weighted by Crippen LogP contribution is 2.25. The normalized spacial score (nSPS) is 12.4. The molecule has 8 heteroatoms. The average molecular weight is 356 g/mol. The zero-order chi connectivity index (χ0) is 17.6. The molecule has 0 aromatic heterocycles. The summed E-state index contributed by atoms with van der Waals surface area (Å²) in [6.45, 7) is 3.42. The van der Waals surface area contributed by atoms with Crippen LogP contribution >= 0.6 is 23.2 Å². The average Bonchev–Trinajstić information content (AvgIpc) is 2.45. The van der Waals surface area contributed by atoms with E-state index in [1.165, 1.54) is 18.2 Å². The van der Waals surface area contributed by atoms with Crippen LogP contribution in [0.15, 0.2) is 30.0 Å². The Morgan fingerprint density at radius 2 is 2.00 bits per heavy atom. The SMILES string of the molecule is CC(C)C(N/C=C(/C#N)C(=O)Nc1ccc(Cl)cc1Cl)C(=O)O. The molecule has 6 nitrogen and oxygen atoms in total. The van der Waals surface area contributed by atoms with Gasteiger partial charge in [0.25, 0.3) is 5.91 Å². The van der Waals surface area contributed by atoms with Crippen molar-refractivity contribution in [2.45, 2.75) is 19.9 Å². The van der Waals surface area contributed by atoms with E-state index in [2.05, 4.69) is 10.6 Å². The highest BCUT2D eigenvalue weighted by Gasteiger charge is 2.20. The fourth-order valence-corrected chi connectivity index (χ4v) is 2.11. The number of hydrogen-bond donors (Lipinski definition) is 3. The van der Waals surface area contributed by atoms with Crippen molar-refractivity contribution in [3.8, 4) is 6.07 Å². The lowest BCUT2D eigenvalue weighted by Crippen LogP contribution is -2.38. The molecule has 0 heterocycles. The van der Waals surface area contributed by atoms with Gasteiger partial charge in [0, 0.05) is 11.2 Å². The fourth-order valence-electron chi connectivity index (χ4n) is 1.65. The van der Waals surface area contributed by atoms with E-state index in [1.54, 1.807) is 19.9 Å². The number of anilines is 1. The van der Waals surface area contributed by atoms with Gasteiger partial charge in [-0.3, -0.25) is 4.79 Å². The first-order chi connectivity index (χ1) is 10.8. The van der Waals surface area contributed by atoms with Crippen LogP contribution in [0.1, 0.15) is 13.8 Å². The van der Waals surface area contributed by atoms with Crippen LogP contribution in [0.4, 0.5) is 5.69 Å². The Hall–Kier alpha value is -2.23. The van der Waals surface area contributed by atoms with Crippen molar-refractivity contribution in [1.82, 2.24) is 5.32 Å². The van der Waals surface area contributed by atoms with E-state index in [0.29, 0.717) is 10.7 Å². The zero-order valence-electron chi connectivity index (χ0n) is 12.4. The van der Waals surface area contributed by atoms with E-state index < -0.39 is 17.9 Å². The van der Waals surface area contributed by atoms with E-state index in [0.717, 1.165) is 6.20 Å². The zero-order valence-corrected chi connectivity index (χ0v) is 13.9. The van der Waals surface area contributed by atoms with E-state index in [4.69, 9.17) is 33.6 Å². The van der Waals surface area contributed by atoms with Crippen molar-refractivity contribution in [2.24, 2.45) is 5.92 Å². The third-order valence-corrected chi connectivity index (χ3v) is 3.43.